The monoisotopic (exact) mass is 335 g/mol. The molecule has 1 aromatic heterocycles. The van der Waals surface area contributed by atoms with Gasteiger partial charge in [0.05, 0.1) is 18.0 Å². The van der Waals surface area contributed by atoms with E-state index in [1.807, 2.05) is 32.8 Å². The highest BCUT2D eigenvalue weighted by Gasteiger charge is 2.15. The van der Waals surface area contributed by atoms with E-state index < -0.39 is 11.9 Å². The molecule has 7 heteroatoms. The Bertz CT molecular complexity index is 761. The second-order valence-electron chi connectivity index (χ2n) is 6.57. The number of nitrogens with one attached hydrogen (secondary N) is 1. The number of hydrogen-bond donors (Lipinski definition) is 2. The Morgan fingerprint density at radius 3 is 2.71 bits per heavy atom. The summed E-state index contributed by atoms with van der Waals surface area (Å²) in [5, 5.41) is 12.5. The topological polar surface area (TPSA) is 87.7 Å². The molecule has 0 spiro atoms. The predicted molar refractivity (Wildman–Crippen MR) is 93.1 cm³/mol. The molecule has 0 radical (unpaired) electrons. The van der Waals surface area contributed by atoms with Crippen molar-refractivity contribution in [2.45, 2.75) is 32.9 Å². The maximum absolute atomic E-state index is 12.0. The lowest BCUT2D eigenvalue weighted by Crippen LogP contribution is -2.24. The molecule has 2 aromatic rings. The zero-order valence-electron chi connectivity index (χ0n) is 14.6. The number of anilines is 1. The molecule has 1 heterocycles. The number of hydrogen-bond acceptors (Lipinski definition) is 5. The van der Waals surface area contributed by atoms with Gasteiger partial charge in [0.2, 0.25) is 5.91 Å². The zero-order chi connectivity index (χ0) is 17.9. The molecule has 0 saturated heterocycles. The number of nitrogens with zero attached hydrogens (tertiary/aromatic N) is 2. The van der Waals surface area contributed by atoms with Crippen molar-refractivity contribution < 1.29 is 14.3 Å². The molecule has 2 N–H and O–H groups in total. The largest absolute Gasteiger partial charge is 0.419 e. The third-order valence-corrected chi connectivity index (χ3v) is 3.89. The minimum Gasteiger partial charge on any atom is -0.408 e. The van der Waals surface area contributed by atoms with Crippen molar-refractivity contribution in [1.29, 1.82) is 0 Å². The smallest absolute Gasteiger partial charge is 0.408 e. The van der Waals surface area contributed by atoms with Crippen molar-refractivity contribution in [2.24, 2.45) is 5.92 Å². The first-order valence-electron chi connectivity index (χ1n) is 8.04. The molecule has 132 valence electrons. The maximum atomic E-state index is 12.0. The normalized spacial score (nSPS) is 13.0. The van der Waals surface area contributed by atoms with Gasteiger partial charge in [-0.05, 0) is 38.2 Å². The van der Waals surface area contributed by atoms with E-state index in [4.69, 9.17) is 4.42 Å². The van der Waals surface area contributed by atoms with Gasteiger partial charge in [0.25, 0.3) is 0 Å². The van der Waals surface area contributed by atoms with E-state index in [1.54, 1.807) is 22.8 Å². The SMILES string of the molecule is CC(C)C(O)CC(=O)Nc1ccc2oc(=O)n(CCN(C)C)c2c1. The molecule has 0 saturated carbocycles. The molecule has 1 aromatic carbocycles. The summed E-state index contributed by atoms with van der Waals surface area (Å²) in [6.07, 6.45) is -0.643. The number of benzene rings is 1. The Hall–Kier alpha value is -2.12. The number of rotatable bonds is 7. The Labute approximate surface area is 140 Å². The number of likely N-dealkylation sites (N-methyl/N-ethyl adjacent to an activating group) is 1. The number of carbonyl (C=O) groups excluding carboxylic acids is 1. The minimum absolute atomic E-state index is 0.0170. The van der Waals surface area contributed by atoms with Crippen molar-refractivity contribution in [3.05, 3.63) is 28.7 Å². The summed E-state index contributed by atoms with van der Waals surface area (Å²) in [5.41, 5.74) is 1.70. The number of aromatic nitrogens is 1. The lowest BCUT2D eigenvalue weighted by Gasteiger charge is -2.14. The number of aliphatic hydroxyl groups excluding tert-OH is 1. The lowest BCUT2D eigenvalue weighted by molar-refractivity contribution is -0.118. The molecule has 1 amide bonds. The van der Waals surface area contributed by atoms with Gasteiger partial charge in [-0.2, -0.15) is 0 Å². The van der Waals surface area contributed by atoms with Crippen molar-refractivity contribution in [1.82, 2.24) is 9.47 Å². The molecule has 0 fully saturated rings. The summed E-state index contributed by atoms with van der Waals surface area (Å²) in [7, 11) is 3.86. The molecule has 0 aliphatic carbocycles. The molecule has 2 rings (SSSR count). The lowest BCUT2D eigenvalue weighted by atomic mass is 10.0. The summed E-state index contributed by atoms with van der Waals surface area (Å²) in [4.78, 5) is 25.9. The van der Waals surface area contributed by atoms with Gasteiger partial charge in [-0.25, -0.2) is 4.79 Å². The Kier molecular flexibility index (Phi) is 5.80. The van der Waals surface area contributed by atoms with Crippen molar-refractivity contribution in [3.8, 4) is 0 Å². The highest BCUT2D eigenvalue weighted by atomic mass is 16.4. The van der Waals surface area contributed by atoms with E-state index >= 15 is 0 Å². The van der Waals surface area contributed by atoms with Crippen molar-refractivity contribution in [3.63, 3.8) is 0 Å². The standard InChI is InChI=1S/C17H25N3O4/c1-11(2)14(21)10-16(22)18-12-5-6-15-13(9-12)20(17(23)24-15)8-7-19(3)4/h5-6,9,11,14,21H,7-8,10H2,1-4H3,(H,18,22). The molecular weight excluding hydrogens is 310 g/mol. The van der Waals surface area contributed by atoms with Gasteiger partial charge >= 0.3 is 5.76 Å². The summed E-state index contributed by atoms with van der Waals surface area (Å²) in [5.74, 6) is -0.657. The van der Waals surface area contributed by atoms with Gasteiger partial charge in [-0.1, -0.05) is 13.8 Å². The van der Waals surface area contributed by atoms with Crippen LogP contribution in [0.2, 0.25) is 0 Å². The number of aliphatic hydroxyl groups is 1. The maximum Gasteiger partial charge on any atom is 0.419 e. The van der Waals surface area contributed by atoms with Crippen LogP contribution in [-0.2, 0) is 11.3 Å². The summed E-state index contributed by atoms with van der Waals surface area (Å²) in [6.45, 7) is 4.92. The zero-order valence-corrected chi connectivity index (χ0v) is 14.6. The Morgan fingerprint density at radius 2 is 2.08 bits per heavy atom. The Morgan fingerprint density at radius 1 is 1.38 bits per heavy atom. The van der Waals surface area contributed by atoms with E-state index in [-0.39, 0.29) is 18.2 Å². The molecule has 1 atom stereocenters. The number of fused-ring (bicyclic) bond motifs is 1. The quantitative estimate of drug-likeness (QED) is 0.801. The predicted octanol–water partition coefficient (Wildman–Crippen LogP) is 1.50. The van der Waals surface area contributed by atoms with Crippen LogP contribution in [0, 0.1) is 5.92 Å². The number of amides is 1. The van der Waals surface area contributed by atoms with Crippen LogP contribution < -0.4 is 11.1 Å². The second kappa shape index (κ2) is 7.63. The first-order chi connectivity index (χ1) is 11.3. The van der Waals surface area contributed by atoms with E-state index in [0.29, 0.717) is 29.9 Å². The van der Waals surface area contributed by atoms with E-state index in [2.05, 4.69) is 5.32 Å². The van der Waals surface area contributed by atoms with Gasteiger partial charge in [-0.15, -0.1) is 0 Å². The van der Waals surface area contributed by atoms with Crippen LogP contribution in [0.3, 0.4) is 0 Å². The van der Waals surface area contributed by atoms with E-state index in [1.165, 1.54) is 0 Å². The van der Waals surface area contributed by atoms with Gasteiger partial charge in [0, 0.05) is 18.8 Å². The molecule has 0 aliphatic heterocycles. The molecular formula is C17H25N3O4. The van der Waals surface area contributed by atoms with E-state index in [0.717, 1.165) is 0 Å². The average molecular weight is 335 g/mol. The van der Waals surface area contributed by atoms with Crippen molar-refractivity contribution >= 4 is 22.7 Å². The Balaban J connectivity index is 2.19. The molecule has 24 heavy (non-hydrogen) atoms. The van der Waals surface area contributed by atoms with Crippen LogP contribution in [0.15, 0.2) is 27.4 Å². The molecule has 0 bridgehead atoms. The first kappa shape index (κ1) is 18.2. The average Bonchev–Trinajstić information content (AvgIpc) is 2.79. The molecule has 7 nitrogen and oxygen atoms in total. The van der Waals surface area contributed by atoms with Crippen LogP contribution in [0.1, 0.15) is 20.3 Å². The first-order valence-corrected chi connectivity index (χ1v) is 8.04. The highest BCUT2D eigenvalue weighted by molar-refractivity contribution is 5.93. The van der Waals surface area contributed by atoms with E-state index in [9.17, 15) is 14.7 Å². The fourth-order valence-corrected chi connectivity index (χ4v) is 2.29. The fourth-order valence-electron chi connectivity index (χ4n) is 2.29. The molecule has 1 unspecified atom stereocenters. The summed E-state index contributed by atoms with van der Waals surface area (Å²) in [6, 6.07) is 5.06. The third kappa shape index (κ3) is 4.46. The fraction of sp³-hybridized carbons (Fsp3) is 0.529. The van der Waals surface area contributed by atoms with Crippen LogP contribution in [0.5, 0.6) is 0 Å². The minimum atomic E-state index is -0.680. The van der Waals surface area contributed by atoms with Crippen molar-refractivity contribution in [2.75, 3.05) is 26.0 Å². The van der Waals surface area contributed by atoms with Crippen LogP contribution in [0.25, 0.3) is 11.1 Å². The summed E-state index contributed by atoms with van der Waals surface area (Å²) >= 11 is 0. The highest BCUT2D eigenvalue weighted by Crippen LogP contribution is 2.19. The molecule has 0 aliphatic rings. The third-order valence-electron chi connectivity index (χ3n) is 3.89. The van der Waals surface area contributed by atoms with Gasteiger partial charge in [0.1, 0.15) is 0 Å². The number of carbonyl (C=O) groups is 1. The summed E-state index contributed by atoms with van der Waals surface area (Å²) < 4.78 is 6.77. The van der Waals surface area contributed by atoms with Crippen LogP contribution in [0.4, 0.5) is 5.69 Å². The van der Waals surface area contributed by atoms with Gasteiger partial charge in [0.15, 0.2) is 5.58 Å². The van der Waals surface area contributed by atoms with Gasteiger partial charge in [-0.3, -0.25) is 9.36 Å². The number of oxazole rings is 1. The second-order valence-corrected chi connectivity index (χ2v) is 6.57. The van der Waals surface area contributed by atoms with Crippen LogP contribution in [-0.4, -0.2) is 47.2 Å². The van der Waals surface area contributed by atoms with Gasteiger partial charge < -0.3 is 19.7 Å². The van der Waals surface area contributed by atoms with Crippen LogP contribution >= 0.6 is 0 Å².